The van der Waals surface area contributed by atoms with Crippen LogP contribution in [0.3, 0.4) is 0 Å². The van der Waals surface area contributed by atoms with Gasteiger partial charge in [0.25, 0.3) is 0 Å². The largest absolute Gasteiger partial charge is 0.381 e. The van der Waals surface area contributed by atoms with E-state index in [9.17, 15) is 0 Å². The lowest BCUT2D eigenvalue weighted by molar-refractivity contribution is 0.185. The lowest BCUT2D eigenvalue weighted by atomic mass is 10.2. The molecule has 20 heavy (non-hydrogen) atoms. The van der Waals surface area contributed by atoms with Crippen molar-refractivity contribution in [2.75, 3.05) is 12.4 Å². The minimum absolute atomic E-state index is 0.631. The highest BCUT2D eigenvalue weighted by Crippen LogP contribution is 2.18. The van der Waals surface area contributed by atoms with Crippen LogP contribution in [0.4, 0.5) is 5.69 Å². The molecule has 3 aromatic rings. The molecule has 2 aromatic heterocycles. The van der Waals surface area contributed by atoms with Crippen LogP contribution >= 0.6 is 0 Å². The van der Waals surface area contributed by atoms with Crippen molar-refractivity contribution in [1.82, 2.24) is 9.97 Å². The molecule has 0 unspecified atom stereocenters. The summed E-state index contributed by atoms with van der Waals surface area (Å²) in [6.45, 7) is 1.40. The van der Waals surface area contributed by atoms with E-state index in [-0.39, 0.29) is 0 Å². The van der Waals surface area contributed by atoms with Crippen molar-refractivity contribution in [3.8, 4) is 0 Å². The second-order valence-electron chi connectivity index (χ2n) is 4.70. The Labute approximate surface area is 117 Å². The van der Waals surface area contributed by atoms with Crippen molar-refractivity contribution >= 4 is 16.7 Å². The number of aromatic amines is 1. The maximum absolute atomic E-state index is 5.15. The van der Waals surface area contributed by atoms with Crippen LogP contribution in [0.5, 0.6) is 0 Å². The summed E-state index contributed by atoms with van der Waals surface area (Å²) in [7, 11) is 1.71. The molecule has 0 aliphatic heterocycles. The molecular weight excluding hydrogens is 250 g/mol. The van der Waals surface area contributed by atoms with E-state index in [0.29, 0.717) is 6.61 Å². The van der Waals surface area contributed by atoms with E-state index in [1.165, 1.54) is 5.56 Å². The minimum Gasteiger partial charge on any atom is -0.381 e. The van der Waals surface area contributed by atoms with E-state index < -0.39 is 0 Å². The third kappa shape index (κ3) is 2.65. The molecule has 0 bridgehead atoms. The average Bonchev–Trinajstić information content (AvgIpc) is 2.89. The molecule has 2 N–H and O–H groups in total. The molecule has 0 spiro atoms. The fourth-order valence-corrected chi connectivity index (χ4v) is 2.29. The standard InChI is InChI=1S/C16H17N3O/c1-20-11-12-4-2-5-14(8-12)18-9-13-10-19-16-15(13)6-3-7-17-16/h2-8,10,18H,9,11H2,1H3,(H,17,19). The van der Waals surface area contributed by atoms with Gasteiger partial charge in [-0.05, 0) is 35.4 Å². The zero-order valence-corrected chi connectivity index (χ0v) is 11.4. The van der Waals surface area contributed by atoms with Gasteiger partial charge < -0.3 is 15.0 Å². The molecule has 1 aromatic carbocycles. The summed E-state index contributed by atoms with van der Waals surface area (Å²) >= 11 is 0. The number of aromatic nitrogens is 2. The minimum atomic E-state index is 0.631. The van der Waals surface area contributed by atoms with Crippen LogP contribution in [0.15, 0.2) is 48.8 Å². The van der Waals surface area contributed by atoms with Crippen LogP contribution in [-0.2, 0) is 17.9 Å². The molecule has 0 aliphatic carbocycles. The number of fused-ring (bicyclic) bond motifs is 1. The van der Waals surface area contributed by atoms with Gasteiger partial charge in [0.05, 0.1) is 6.61 Å². The Balaban J connectivity index is 1.74. The first kappa shape index (κ1) is 12.7. The van der Waals surface area contributed by atoms with E-state index in [1.54, 1.807) is 13.3 Å². The maximum Gasteiger partial charge on any atom is 0.137 e. The van der Waals surface area contributed by atoms with Gasteiger partial charge in [-0.15, -0.1) is 0 Å². The summed E-state index contributed by atoms with van der Waals surface area (Å²) in [4.78, 5) is 7.48. The first-order valence-corrected chi connectivity index (χ1v) is 6.59. The molecule has 0 saturated carbocycles. The third-order valence-corrected chi connectivity index (χ3v) is 3.26. The van der Waals surface area contributed by atoms with Crippen LogP contribution in [0.1, 0.15) is 11.1 Å². The average molecular weight is 267 g/mol. The van der Waals surface area contributed by atoms with Gasteiger partial charge in [0.2, 0.25) is 0 Å². The molecule has 0 atom stereocenters. The highest BCUT2D eigenvalue weighted by molar-refractivity contribution is 5.79. The zero-order chi connectivity index (χ0) is 13.8. The molecule has 0 radical (unpaired) electrons. The van der Waals surface area contributed by atoms with Gasteiger partial charge in [-0.1, -0.05) is 12.1 Å². The maximum atomic E-state index is 5.15. The van der Waals surface area contributed by atoms with Gasteiger partial charge in [-0.25, -0.2) is 4.98 Å². The van der Waals surface area contributed by atoms with E-state index in [2.05, 4.69) is 39.6 Å². The zero-order valence-electron chi connectivity index (χ0n) is 11.4. The van der Waals surface area contributed by atoms with E-state index in [0.717, 1.165) is 28.8 Å². The van der Waals surface area contributed by atoms with Gasteiger partial charge in [0.1, 0.15) is 5.65 Å². The number of nitrogens with one attached hydrogen (secondary N) is 2. The molecule has 4 heteroatoms. The van der Waals surface area contributed by atoms with Crippen LogP contribution in [0, 0.1) is 0 Å². The molecule has 0 aliphatic rings. The number of ether oxygens (including phenoxy) is 1. The Morgan fingerprint density at radius 3 is 3.10 bits per heavy atom. The number of nitrogens with zero attached hydrogens (tertiary/aromatic N) is 1. The lowest BCUT2D eigenvalue weighted by Gasteiger charge is -2.07. The number of methoxy groups -OCH3 is 1. The molecule has 0 saturated heterocycles. The Bertz CT molecular complexity index is 706. The number of pyridine rings is 1. The predicted molar refractivity (Wildman–Crippen MR) is 80.6 cm³/mol. The van der Waals surface area contributed by atoms with Crippen LogP contribution < -0.4 is 5.32 Å². The topological polar surface area (TPSA) is 49.9 Å². The Morgan fingerprint density at radius 1 is 1.25 bits per heavy atom. The van der Waals surface area contributed by atoms with Crippen molar-refractivity contribution < 1.29 is 4.74 Å². The van der Waals surface area contributed by atoms with E-state index >= 15 is 0 Å². The van der Waals surface area contributed by atoms with Crippen molar-refractivity contribution in [3.63, 3.8) is 0 Å². The predicted octanol–water partition coefficient (Wildman–Crippen LogP) is 3.32. The van der Waals surface area contributed by atoms with Gasteiger partial charge in [-0.2, -0.15) is 0 Å². The van der Waals surface area contributed by atoms with E-state index in [4.69, 9.17) is 4.74 Å². The van der Waals surface area contributed by atoms with Crippen molar-refractivity contribution in [3.05, 3.63) is 59.9 Å². The Morgan fingerprint density at radius 2 is 2.20 bits per heavy atom. The third-order valence-electron chi connectivity index (χ3n) is 3.26. The fourth-order valence-electron chi connectivity index (χ4n) is 2.29. The number of hydrogen-bond acceptors (Lipinski definition) is 3. The monoisotopic (exact) mass is 267 g/mol. The summed E-state index contributed by atoms with van der Waals surface area (Å²) in [6, 6.07) is 12.3. The van der Waals surface area contributed by atoms with Crippen molar-refractivity contribution in [2.45, 2.75) is 13.2 Å². The molecule has 0 fully saturated rings. The smallest absolute Gasteiger partial charge is 0.137 e. The quantitative estimate of drug-likeness (QED) is 0.745. The van der Waals surface area contributed by atoms with Gasteiger partial charge in [-0.3, -0.25) is 0 Å². The second kappa shape index (κ2) is 5.75. The lowest BCUT2D eigenvalue weighted by Crippen LogP contribution is -1.99. The summed E-state index contributed by atoms with van der Waals surface area (Å²) in [5.41, 5.74) is 4.40. The molecule has 3 rings (SSSR count). The van der Waals surface area contributed by atoms with Crippen molar-refractivity contribution in [2.24, 2.45) is 0 Å². The molecule has 2 heterocycles. The van der Waals surface area contributed by atoms with Crippen LogP contribution in [0.2, 0.25) is 0 Å². The Hall–Kier alpha value is -2.33. The van der Waals surface area contributed by atoms with Gasteiger partial charge >= 0.3 is 0 Å². The first-order chi connectivity index (χ1) is 9.86. The number of rotatable bonds is 5. The molecule has 102 valence electrons. The number of benzene rings is 1. The number of anilines is 1. The van der Waals surface area contributed by atoms with Crippen LogP contribution in [0.25, 0.3) is 11.0 Å². The highest BCUT2D eigenvalue weighted by atomic mass is 16.5. The molecule has 0 amide bonds. The second-order valence-corrected chi connectivity index (χ2v) is 4.70. The summed E-state index contributed by atoms with van der Waals surface area (Å²) < 4.78 is 5.15. The van der Waals surface area contributed by atoms with Gasteiger partial charge in [0.15, 0.2) is 0 Å². The van der Waals surface area contributed by atoms with E-state index in [1.807, 2.05) is 18.3 Å². The summed E-state index contributed by atoms with van der Waals surface area (Å²) in [5.74, 6) is 0. The SMILES string of the molecule is COCc1cccc(NCc2c[nH]c3ncccc23)c1. The normalized spacial score (nSPS) is 10.8. The highest BCUT2D eigenvalue weighted by Gasteiger charge is 2.03. The summed E-state index contributed by atoms with van der Waals surface area (Å²) in [6.07, 6.45) is 3.80. The first-order valence-electron chi connectivity index (χ1n) is 6.59. The molecular formula is C16H17N3O. The number of H-pyrrole nitrogens is 1. The fraction of sp³-hybridized carbons (Fsp3) is 0.188. The van der Waals surface area contributed by atoms with Crippen LogP contribution in [-0.4, -0.2) is 17.1 Å². The van der Waals surface area contributed by atoms with Gasteiger partial charge in [0, 0.05) is 37.1 Å². The number of hydrogen-bond donors (Lipinski definition) is 2. The Kier molecular flexibility index (Phi) is 3.65. The van der Waals surface area contributed by atoms with Crippen molar-refractivity contribution in [1.29, 1.82) is 0 Å². The molecule has 4 nitrogen and oxygen atoms in total. The summed E-state index contributed by atoms with van der Waals surface area (Å²) in [5, 5.41) is 4.59.